The van der Waals surface area contributed by atoms with E-state index in [0.29, 0.717) is 22.7 Å². The van der Waals surface area contributed by atoms with Gasteiger partial charge < -0.3 is 10.1 Å². The van der Waals surface area contributed by atoms with Gasteiger partial charge in [-0.25, -0.2) is 0 Å². The minimum atomic E-state index is -0.0680. The zero-order chi connectivity index (χ0) is 21.8. The SMILES string of the molecule is CC(C)c1ccc(NC(=O)CSc2nnc(COc3ccccc3Cl)n2C2CC2)cc1. The molecular weight excluding hydrogens is 432 g/mol. The largest absolute Gasteiger partial charge is 0.484 e. The number of aromatic nitrogens is 3. The third-order valence-corrected chi connectivity index (χ3v) is 6.29. The topological polar surface area (TPSA) is 69.0 Å². The molecule has 1 aliphatic rings. The average molecular weight is 457 g/mol. The first-order valence-corrected chi connectivity index (χ1v) is 11.7. The number of thioether (sulfide) groups is 1. The van der Waals surface area contributed by atoms with E-state index in [-0.39, 0.29) is 18.3 Å². The Morgan fingerprint density at radius 3 is 2.61 bits per heavy atom. The summed E-state index contributed by atoms with van der Waals surface area (Å²) in [5.41, 5.74) is 2.05. The molecule has 1 saturated carbocycles. The van der Waals surface area contributed by atoms with Crippen LogP contribution in [0.4, 0.5) is 5.69 Å². The number of hydrogen-bond acceptors (Lipinski definition) is 5. The van der Waals surface area contributed by atoms with Crippen LogP contribution in [0.15, 0.2) is 53.7 Å². The fourth-order valence-electron chi connectivity index (χ4n) is 3.19. The monoisotopic (exact) mass is 456 g/mol. The molecule has 162 valence electrons. The van der Waals surface area contributed by atoms with Gasteiger partial charge in [0.25, 0.3) is 0 Å². The molecule has 0 radical (unpaired) electrons. The molecule has 0 atom stereocenters. The molecule has 1 heterocycles. The Labute approximate surface area is 191 Å². The summed E-state index contributed by atoms with van der Waals surface area (Å²) in [7, 11) is 0. The molecular formula is C23H25ClN4O2S. The molecule has 8 heteroatoms. The number of carbonyl (C=O) groups excluding carboxylic acids is 1. The van der Waals surface area contributed by atoms with Gasteiger partial charge in [0.15, 0.2) is 11.0 Å². The fraction of sp³-hybridized carbons (Fsp3) is 0.348. The smallest absolute Gasteiger partial charge is 0.234 e. The first-order valence-electron chi connectivity index (χ1n) is 10.3. The van der Waals surface area contributed by atoms with Crippen LogP contribution in [-0.2, 0) is 11.4 Å². The maximum absolute atomic E-state index is 12.4. The van der Waals surface area contributed by atoms with E-state index >= 15 is 0 Å². The molecule has 0 spiro atoms. The van der Waals surface area contributed by atoms with Gasteiger partial charge in [-0.15, -0.1) is 10.2 Å². The lowest BCUT2D eigenvalue weighted by Crippen LogP contribution is -2.15. The Hall–Kier alpha value is -2.51. The number of ether oxygens (including phenoxy) is 1. The first kappa shape index (κ1) is 21.7. The van der Waals surface area contributed by atoms with Gasteiger partial charge in [-0.3, -0.25) is 9.36 Å². The molecule has 4 rings (SSSR count). The van der Waals surface area contributed by atoms with Crippen LogP contribution in [0.2, 0.25) is 5.02 Å². The van der Waals surface area contributed by atoms with Gasteiger partial charge in [0, 0.05) is 11.7 Å². The molecule has 1 N–H and O–H groups in total. The second-order valence-electron chi connectivity index (χ2n) is 7.83. The summed E-state index contributed by atoms with van der Waals surface area (Å²) in [4.78, 5) is 12.4. The summed E-state index contributed by atoms with van der Waals surface area (Å²) in [6.45, 7) is 4.57. The van der Waals surface area contributed by atoms with Gasteiger partial charge in [-0.05, 0) is 48.6 Å². The van der Waals surface area contributed by atoms with Gasteiger partial charge in [0.1, 0.15) is 12.4 Å². The summed E-state index contributed by atoms with van der Waals surface area (Å²) in [5, 5.41) is 12.9. The number of benzene rings is 2. The van der Waals surface area contributed by atoms with E-state index in [1.807, 2.05) is 42.5 Å². The quantitative estimate of drug-likeness (QED) is 0.418. The van der Waals surface area contributed by atoms with Gasteiger partial charge in [-0.2, -0.15) is 0 Å². The second-order valence-corrected chi connectivity index (χ2v) is 9.18. The Bertz CT molecular complexity index is 1050. The van der Waals surface area contributed by atoms with E-state index in [4.69, 9.17) is 16.3 Å². The highest BCUT2D eigenvalue weighted by molar-refractivity contribution is 7.99. The number of halogens is 1. The van der Waals surface area contributed by atoms with Crippen molar-refractivity contribution in [3.8, 4) is 5.75 Å². The maximum atomic E-state index is 12.4. The Balaban J connectivity index is 1.36. The number of rotatable bonds is 9. The fourth-order valence-corrected chi connectivity index (χ4v) is 4.20. The lowest BCUT2D eigenvalue weighted by molar-refractivity contribution is -0.113. The molecule has 1 aliphatic carbocycles. The number of amides is 1. The number of anilines is 1. The highest BCUT2D eigenvalue weighted by Crippen LogP contribution is 2.39. The van der Waals surface area contributed by atoms with Crippen molar-refractivity contribution in [2.75, 3.05) is 11.1 Å². The third-order valence-electron chi connectivity index (χ3n) is 5.03. The van der Waals surface area contributed by atoms with Crippen molar-refractivity contribution in [1.29, 1.82) is 0 Å². The molecule has 0 saturated heterocycles. The standard InChI is InChI=1S/C23H25ClN4O2S/c1-15(2)16-7-9-17(10-8-16)25-22(29)14-31-23-27-26-21(28(23)18-11-12-18)13-30-20-6-4-3-5-19(20)24/h3-10,15,18H,11-14H2,1-2H3,(H,25,29). The summed E-state index contributed by atoms with van der Waals surface area (Å²) < 4.78 is 7.93. The highest BCUT2D eigenvalue weighted by atomic mass is 35.5. The van der Waals surface area contributed by atoms with Crippen molar-refractivity contribution in [2.45, 2.75) is 50.4 Å². The zero-order valence-corrected chi connectivity index (χ0v) is 19.1. The van der Waals surface area contributed by atoms with Gasteiger partial charge in [0.2, 0.25) is 5.91 Å². The molecule has 1 amide bonds. The molecule has 0 aliphatic heterocycles. The molecule has 0 bridgehead atoms. The normalized spacial score (nSPS) is 13.4. The van der Waals surface area contributed by atoms with Crippen LogP contribution in [0.25, 0.3) is 0 Å². The van der Waals surface area contributed by atoms with Crippen molar-refractivity contribution in [3.05, 3.63) is 64.9 Å². The van der Waals surface area contributed by atoms with Crippen LogP contribution in [0.1, 0.15) is 50.0 Å². The van der Waals surface area contributed by atoms with Crippen molar-refractivity contribution in [1.82, 2.24) is 14.8 Å². The predicted octanol–water partition coefficient (Wildman–Crippen LogP) is 5.70. The molecule has 2 aromatic carbocycles. The highest BCUT2D eigenvalue weighted by Gasteiger charge is 2.30. The summed E-state index contributed by atoms with van der Waals surface area (Å²) >= 11 is 7.56. The first-order chi connectivity index (χ1) is 15.0. The molecule has 31 heavy (non-hydrogen) atoms. The van der Waals surface area contributed by atoms with E-state index in [1.165, 1.54) is 17.3 Å². The minimum Gasteiger partial charge on any atom is -0.484 e. The van der Waals surface area contributed by atoms with Crippen LogP contribution in [-0.4, -0.2) is 26.4 Å². The van der Waals surface area contributed by atoms with Crippen LogP contribution in [0.3, 0.4) is 0 Å². The predicted molar refractivity (Wildman–Crippen MR) is 124 cm³/mol. The van der Waals surface area contributed by atoms with E-state index < -0.39 is 0 Å². The van der Waals surface area contributed by atoms with E-state index in [0.717, 1.165) is 29.5 Å². The molecule has 6 nitrogen and oxygen atoms in total. The Morgan fingerprint density at radius 1 is 1.19 bits per heavy atom. The van der Waals surface area contributed by atoms with E-state index in [1.54, 1.807) is 6.07 Å². The Morgan fingerprint density at radius 2 is 1.94 bits per heavy atom. The van der Waals surface area contributed by atoms with Crippen molar-refractivity contribution >= 4 is 35.0 Å². The lowest BCUT2D eigenvalue weighted by Gasteiger charge is -2.11. The summed E-state index contributed by atoms with van der Waals surface area (Å²) in [6.07, 6.45) is 2.16. The third kappa shape index (κ3) is 5.60. The van der Waals surface area contributed by atoms with Crippen molar-refractivity contribution in [3.63, 3.8) is 0 Å². The minimum absolute atomic E-state index is 0.0680. The lowest BCUT2D eigenvalue weighted by atomic mass is 10.0. The molecule has 1 aromatic heterocycles. The summed E-state index contributed by atoms with van der Waals surface area (Å²) in [5.74, 6) is 2.02. The Kier molecular flexibility index (Phi) is 6.83. The second kappa shape index (κ2) is 9.75. The average Bonchev–Trinajstić information content (AvgIpc) is 3.52. The van der Waals surface area contributed by atoms with Crippen molar-refractivity contribution in [2.24, 2.45) is 0 Å². The van der Waals surface area contributed by atoms with Gasteiger partial charge >= 0.3 is 0 Å². The van der Waals surface area contributed by atoms with Crippen LogP contribution >= 0.6 is 23.4 Å². The number of hydrogen-bond donors (Lipinski definition) is 1. The maximum Gasteiger partial charge on any atom is 0.234 e. The van der Waals surface area contributed by atoms with Gasteiger partial charge in [-0.1, -0.05) is 61.5 Å². The zero-order valence-electron chi connectivity index (χ0n) is 17.5. The number of nitrogens with one attached hydrogen (secondary N) is 1. The number of carbonyl (C=O) groups is 1. The van der Waals surface area contributed by atoms with E-state index in [9.17, 15) is 4.79 Å². The van der Waals surface area contributed by atoms with Crippen LogP contribution in [0, 0.1) is 0 Å². The van der Waals surface area contributed by atoms with Crippen LogP contribution < -0.4 is 10.1 Å². The number of nitrogens with zero attached hydrogens (tertiary/aromatic N) is 3. The molecule has 0 unspecified atom stereocenters. The van der Waals surface area contributed by atoms with Crippen LogP contribution in [0.5, 0.6) is 5.75 Å². The molecule has 3 aromatic rings. The van der Waals surface area contributed by atoms with E-state index in [2.05, 4.69) is 33.9 Å². The summed E-state index contributed by atoms with van der Waals surface area (Å²) in [6, 6.07) is 15.7. The van der Waals surface area contributed by atoms with Crippen molar-refractivity contribution < 1.29 is 9.53 Å². The molecule has 1 fully saturated rings. The number of para-hydroxylation sites is 1. The van der Waals surface area contributed by atoms with Gasteiger partial charge in [0.05, 0.1) is 10.8 Å².